The second-order valence-electron chi connectivity index (χ2n) is 9.31. The van der Waals surface area contributed by atoms with Crippen molar-refractivity contribution in [1.29, 1.82) is 0 Å². The Kier molecular flexibility index (Phi) is 6.32. The van der Waals surface area contributed by atoms with Gasteiger partial charge in [0.25, 0.3) is 11.8 Å². The molecule has 2 amide bonds. The summed E-state index contributed by atoms with van der Waals surface area (Å²) in [7, 11) is 0. The summed E-state index contributed by atoms with van der Waals surface area (Å²) >= 11 is 1.43. The third kappa shape index (κ3) is 4.49. The van der Waals surface area contributed by atoms with E-state index in [0.29, 0.717) is 41.0 Å². The summed E-state index contributed by atoms with van der Waals surface area (Å²) in [6, 6.07) is 13.3. The molecule has 1 N–H and O–H groups in total. The molecule has 8 nitrogen and oxygen atoms in total. The molecule has 3 aromatic rings. The summed E-state index contributed by atoms with van der Waals surface area (Å²) in [5.74, 6) is 0.586. The van der Waals surface area contributed by atoms with Crippen molar-refractivity contribution < 1.29 is 14.3 Å². The number of nitrogens with one attached hydrogen (secondary N) is 1. The highest BCUT2D eigenvalue weighted by Crippen LogP contribution is 2.34. The summed E-state index contributed by atoms with van der Waals surface area (Å²) in [5, 5.41) is 9.69. The van der Waals surface area contributed by atoms with E-state index in [9.17, 15) is 9.59 Å². The number of carbonyl (C=O) groups is 2. The lowest BCUT2D eigenvalue weighted by Crippen LogP contribution is -2.34. The molecule has 1 aromatic heterocycles. The Morgan fingerprint density at radius 1 is 1.22 bits per heavy atom. The van der Waals surface area contributed by atoms with Crippen LogP contribution in [0.2, 0.25) is 0 Å². The van der Waals surface area contributed by atoms with Crippen molar-refractivity contribution in [2.24, 2.45) is 16.0 Å². The highest BCUT2D eigenvalue weighted by Gasteiger charge is 2.34. The van der Waals surface area contributed by atoms with Crippen molar-refractivity contribution in [3.63, 3.8) is 0 Å². The minimum atomic E-state index is -0.200. The molecule has 0 spiro atoms. The van der Waals surface area contributed by atoms with Crippen LogP contribution in [0.3, 0.4) is 0 Å². The molecule has 0 atom stereocenters. The van der Waals surface area contributed by atoms with Crippen LogP contribution >= 0.6 is 11.3 Å². The van der Waals surface area contributed by atoms with E-state index in [1.807, 2.05) is 54.8 Å². The Balaban J connectivity index is 1.66. The summed E-state index contributed by atoms with van der Waals surface area (Å²) < 4.78 is 7.22. The molecule has 0 fully saturated rings. The molecule has 0 bridgehead atoms. The van der Waals surface area contributed by atoms with E-state index in [1.165, 1.54) is 11.3 Å². The molecule has 0 unspecified atom stereocenters. The monoisotopic (exact) mass is 501 g/mol. The minimum Gasteiger partial charge on any atom is -0.482 e. The van der Waals surface area contributed by atoms with Crippen LogP contribution < -0.4 is 19.8 Å². The number of hydrogen-bond acceptors (Lipinski definition) is 6. The lowest BCUT2D eigenvalue weighted by atomic mass is 10.1. The predicted octanol–water partition coefficient (Wildman–Crippen LogP) is 4.28. The maximum absolute atomic E-state index is 13.6. The zero-order valence-corrected chi connectivity index (χ0v) is 21.3. The van der Waals surface area contributed by atoms with Gasteiger partial charge in [-0.1, -0.05) is 44.2 Å². The molecule has 3 heterocycles. The average Bonchev–Trinajstić information content (AvgIpc) is 3.36. The molecular weight excluding hydrogens is 474 g/mol. The van der Waals surface area contributed by atoms with Crippen molar-refractivity contribution in [2.75, 3.05) is 29.9 Å². The summed E-state index contributed by atoms with van der Waals surface area (Å²) in [6.07, 6.45) is 0. The van der Waals surface area contributed by atoms with Crippen LogP contribution in [-0.2, 0) is 9.59 Å². The SMILES string of the molecule is C=C(C)CN=c1scc(-c2ccc3c(c2)NC(=O)CO3)n1N=C1C(=O)N(CC(C)C)c2ccccc21. The first kappa shape index (κ1) is 23.7. The normalized spacial score (nSPS) is 16.3. The molecule has 0 saturated carbocycles. The molecule has 36 heavy (non-hydrogen) atoms. The van der Waals surface area contributed by atoms with E-state index < -0.39 is 0 Å². The predicted molar refractivity (Wildman–Crippen MR) is 143 cm³/mol. The lowest BCUT2D eigenvalue weighted by Gasteiger charge is -2.19. The van der Waals surface area contributed by atoms with Crippen LogP contribution in [0.15, 0.2) is 70.1 Å². The van der Waals surface area contributed by atoms with Crippen molar-refractivity contribution in [3.8, 4) is 17.0 Å². The number of thiazole rings is 1. The first-order valence-corrected chi connectivity index (χ1v) is 12.6. The maximum atomic E-state index is 13.6. The molecule has 2 aromatic carbocycles. The van der Waals surface area contributed by atoms with Crippen LogP contribution in [0.25, 0.3) is 11.3 Å². The quantitative estimate of drug-likeness (QED) is 0.512. The van der Waals surface area contributed by atoms with Crippen molar-refractivity contribution >= 4 is 40.2 Å². The van der Waals surface area contributed by atoms with Crippen LogP contribution in [0.4, 0.5) is 11.4 Å². The average molecular weight is 502 g/mol. The zero-order chi connectivity index (χ0) is 25.4. The number of aromatic nitrogens is 1. The van der Waals surface area contributed by atoms with Gasteiger partial charge in [0.05, 0.1) is 23.6 Å². The molecule has 0 saturated heterocycles. The summed E-state index contributed by atoms with van der Waals surface area (Å²) in [4.78, 5) is 32.5. The Hall–Kier alpha value is -3.98. The second-order valence-corrected chi connectivity index (χ2v) is 10.1. The van der Waals surface area contributed by atoms with E-state index in [4.69, 9.17) is 14.8 Å². The first-order chi connectivity index (χ1) is 17.3. The lowest BCUT2D eigenvalue weighted by molar-refractivity contribution is -0.118. The number of anilines is 2. The number of carbonyl (C=O) groups excluding carboxylic acids is 2. The fraction of sp³-hybridized carbons (Fsp3) is 0.259. The molecular formula is C27H27N5O3S. The van der Waals surface area contributed by atoms with E-state index >= 15 is 0 Å². The van der Waals surface area contributed by atoms with E-state index in [0.717, 1.165) is 28.1 Å². The number of rotatable bonds is 6. The Bertz CT molecular complexity index is 1480. The number of ether oxygens (including phenoxy) is 1. The summed E-state index contributed by atoms with van der Waals surface area (Å²) in [5.41, 5.74) is 5.12. The second kappa shape index (κ2) is 9.58. The van der Waals surface area contributed by atoms with Gasteiger partial charge in [0.15, 0.2) is 12.3 Å². The fourth-order valence-electron chi connectivity index (χ4n) is 4.15. The van der Waals surface area contributed by atoms with E-state index in [2.05, 4.69) is 25.7 Å². The largest absolute Gasteiger partial charge is 0.482 e. The number of fused-ring (bicyclic) bond motifs is 2. The Morgan fingerprint density at radius 3 is 2.81 bits per heavy atom. The number of nitrogens with zero attached hydrogens (tertiary/aromatic N) is 4. The number of hydrogen-bond donors (Lipinski definition) is 1. The highest BCUT2D eigenvalue weighted by atomic mass is 32.1. The summed E-state index contributed by atoms with van der Waals surface area (Å²) in [6.45, 7) is 11.1. The van der Waals surface area contributed by atoms with Crippen LogP contribution in [-0.4, -0.2) is 41.9 Å². The minimum absolute atomic E-state index is 0.00319. The molecule has 9 heteroatoms. The van der Waals surface area contributed by atoms with E-state index in [-0.39, 0.29) is 18.4 Å². The van der Waals surface area contributed by atoms with Gasteiger partial charge in [-0.05, 0) is 37.1 Å². The van der Waals surface area contributed by atoms with Gasteiger partial charge < -0.3 is 15.0 Å². The molecule has 2 aliphatic rings. The Labute approximate surface area is 213 Å². The van der Waals surface area contributed by atoms with Gasteiger partial charge in [0.2, 0.25) is 4.80 Å². The Morgan fingerprint density at radius 2 is 2.03 bits per heavy atom. The molecule has 2 aliphatic heterocycles. The van der Waals surface area contributed by atoms with Gasteiger partial charge in [-0.25, -0.2) is 4.68 Å². The van der Waals surface area contributed by atoms with Gasteiger partial charge in [-0.2, -0.15) is 5.10 Å². The zero-order valence-electron chi connectivity index (χ0n) is 20.4. The standard InChI is InChI=1S/C27H27N5O3S/c1-16(2)12-28-27-32(22(15-36-27)18-9-10-23-20(11-18)29-24(33)14-35-23)30-25-19-7-5-6-8-21(19)31(26(25)34)13-17(3)4/h5-11,15,17H,1,12-14H2,2-4H3,(H,29,33). The van der Waals surface area contributed by atoms with Crippen molar-refractivity contribution in [1.82, 2.24) is 4.68 Å². The van der Waals surface area contributed by atoms with Crippen LogP contribution in [0.5, 0.6) is 5.75 Å². The molecule has 0 aliphatic carbocycles. The van der Waals surface area contributed by atoms with Gasteiger partial charge >= 0.3 is 0 Å². The molecule has 5 rings (SSSR count). The highest BCUT2D eigenvalue weighted by molar-refractivity contribution is 7.07. The number of amides is 2. The van der Waals surface area contributed by atoms with Crippen molar-refractivity contribution in [2.45, 2.75) is 20.8 Å². The van der Waals surface area contributed by atoms with Gasteiger partial charge in [0, 0.05) is 23.1 Å². The molecule has 0 radical (unpaired) electrons. The number of para-hydroxylation sites is 1. The maximum Gasteiger partial charge on any atom is 0.279 e. The van der Waals surface area contributed by atoms with Gasteiger partial charge in [0.1, 0.15) is 5.75 Å². The van der Waals surface area contributed by atoms with Gasteiger partial charge in [-0.3, -0.25) is 14.6 Å². The smallest absolute Gasteiger partial charge is 0.279 e. The number of benzene rings is 2. The van der Waals surface area contributed by atoms with Crippen LogP contribution in [0.1, 0.15) is 26.3 Å². The van der Waals surface area contributed by atoms with Crippen LogP contribution in [0, 0.1) is 5.92 Å². The van der Waals surface area contributed by atoms with Crippen molar-refractivity contribution in [3.05, 3.63) is 70.4 Å². The first-order valence-electron chi connectivity index (χ1n) is 11.7. The molecule has 184 valence electrons. The third-order valence-electron chi connectivity index (χ3n) is 5.72. The topological polar surface area (TPSA) is 88.3 Å². The third-order valence-corrected chi connectivity index (χ3v) is 6.58. The van der Waals surface area contributed by atoms with E-state index in [1.54, 1.807) is 9.58 Å². The fourth-order valence-corrected chi connectivity index (χ4v) is 4.98. The van der Waals surface area contributed by atoms with Gasteiger partial charge in [-0.15, -0.1) is 11.3 Å².